The Labute approximate surface area is 213 Å². The molecule has 0 bridgehead atoms. The van der Waals surface area contributed by atoms with Crippen LogP contribution in [0.4, 0.5) is 0 Å². The lowest BCUT2D eigenvalue weighted by Gasteiger charge is -2.36. The third-order valence-electron chi connectivity index (χ3n) is 5.70. The number of hydrogen-bond acceptors (Lipinski definition) is 5. The van der Waals surface area contributed by atoms with E-state index in [1.165, 1.54) is 0 Å². The zero-order valence-electron chi connectivity index (χ0n) is 19.9. The molecule has 2 aromatic heterocycles. The molecule has 8 nitrogen and oxygen atoms in total. The zero-order valence-corrected chi connectivity index (χ0v) is 22.2. The molecule has 0 unspecified atom stereocenters. The molecule has 0 radical (unpaired) electrons. The van der Waals surface area contributed by atoms with Gasteiger partial charge < -0.3 is 14.7 Å². The minimum atomic E-state index is 0. The van der Waals surface area contributed by atoms with Gasteiger partial charge in [-0.1, -0.05) is 23.4 Å². The first kappa shape index (κ1) is 25.2. The van der Waals surface area contributed by atoms with E-state index in [-0.39, 0.29) is 24.0 Å². The molecule has 33 heavy (non-hydrogen) atoms. The van der Waals surface area contributed by atoms with Crippen molar-refractivity contribution in [1.82, 2.24) is 30.1 Å². The van der Waals surface area contributed by atoms with Gasteiger partial charge in [0.1, 0.15) is 5.76 Å². The summed E-state index contributed by atoms with van der Waals surface area (Å²) in [4.78, 5) is 9.75. The summed E-state index contributed by atoms with van der Waals surface area (Å²) in [6, 6.07) is 12.5. The first-order valence-electron chi connectivity index (χ1n) is 11.3. The van der Waals surface area contributed by atoms with Gasteiger partial charge in [0.2, 0.25) is 0 Å². The Hall–Kier alpha value is -2.40. The van der Waals surface area contributed by atoms with E-state index in [0.717, 1.165) is 79.3 Å². The molecule has 0 aliphatic carbocycles. The number of piperazine rings is 1. The van der Waals surface area contributed by atoms with Crippen LogP contribution in [0, 0.1) is 20.8 Å². The highest BCUT2D eigenvalue weighted by molar-refractivity contribution is 14.0. The van der Waals surface area contributed by atoms with Crippen LogP contribution in [0.25, 0.3) is 5.69 Å². The van der Waals surface area contributed by atoms with Crippen LogP contribution in [0.5, 0.6) is 0 Å². The number of nitrogens with one attached hydrogen (secondary N) is 1. The largest absolute Gasteiger partial charge is 0.361 e. The molecular weight excluding hydrogens is 529 g/mol. The number of para-hydroxylation sites is 1. The molecule has 1 saturated heterocycles. The van der Waals surface area contributed by atoms with Gasteiger partial charge >= 0.3 is 0 Å². The van der Waals surface area contributed by atoms with Crippen molar-refractivity contribution in [2.45, 2.75) is 40.8 Å². The van der Waals surface area contributed by atoms with Crippen molar-refractivity contribution in [2.24, 2.45) is 4.99 Å². The van der Waals surface area contributed by atoms with Crippen LogP contribution < -0.4 is 5.32 Å². The van der Waals surface area contributed by atoms with Gasteiger partial charge in [-0.3, -0.25) is 4.90 Å². The van der Waals surface area contributed by atoms with Gasteiger partial charge in [-0.05, 0) is 45.4 Å². The fourth-order valence-electron chi connectivity index (χ4n) is 4.15. The maximum Gasteiger partial charge on any atom is 0.194 e. The molecular formula is C24H34IN7O. The highest BCUT2D eigenvalue weighted by atomic mass is 127. The van der Waals surface area contributed by atoms with E-state index in [1.54, 1.807) is 0 Å². The second-order valence-corrected chi connectivity index (χ2v) is 8.33. The van der Waals surface area contributed by atoms with Crippen LogP contribution in [-0.4, -0.2) is 63.4 Å². The second-order valence-electron chi connectivity index (χ2n) is 8.33. The van der Waals surface area contributed by atoms with Gasteiger partial charge in [-0.2, -0.15) is 5.10 Å². The number of benzene rings is 1. The second kappa shape index (κ2) is 11.6. The summed E-state index contributed by atoms with van der Waals surface area (Å²) >= 11 is 0. The number of aryl methyl sites for hydroxylation is 3. The number of aliphatic imine (C=N–C) groups is 1. The normalized spacial score (nSPS) is 14.9. The predicted molar refractivity (Wildman–Crippen MR) is 141 cm³/mol. The number of guanidine groups is 1. The highest BCUT2D eigenvalue weighted by Crippen LogP contribution is 2.18. The van der Waals surface area contributed by atoms with Crippen LogP contribution in [0.15, 0.2) is 45.9 Å². The van der Waals surface area contributed by atoms with Crippen molar-refractivity contribution in [3.8, 4) is 5.69 Å². The summed E-state index contributed by atoms with van der Waals surface area (Å²) < 4.78 is 7.21. The molecule has 0 saturated carbocycles. The lowest BCUT2D eigenvalue weighted by atomic mass is 10.2. The van der Waals surface area contributed by atoms with Crippen molar-refractivity contribution >= 4 is 29.9 Å². The molecule has 0 spiro atoms. The molecule has 178 valence electrons. The number of aromatic nitrogens is 3. The van der Waals surface area contributed by atoms with E-state index >= 15 is 0 Å². The summed E-state index contributed by atoms with van der Waals surface area (Å²) in [6.45, 7) is 14.2. The molecule has 1 aliphatic heterocycles. The zero-order chi connectivity index (χ0) is 22.5. The number of halogens is 1. The SMILES string of the molecule is CCNC(=NCc1ccccc1-n1nc(C)cc1C)N1CCN(Cc2cc(C)on2)CC1.I. The van der Waals surface area contributed by atoms with Gasteiger partial charge in [0.05, 0.1) is 23.6 Å². The van der Waals surface area contributed by atoms with Crippen LogP contribution >= 0.6 is 24.0 Å². The monoisotopic (exact) mass is 563 g/mol. The molecule has 1 fully saturated rings. The lowest BCUT2D eigenvalue weighted by molar-refractivity contribution is 0.169. The summed E-state index contributed by atoms with van der Waals surface area (Å²) in [7, 11) is 0. The molecule has 1 N–H and O–H groups in total. The standard InChI is InChI=1S/C24H33N7O.HI/c1-5-25-24(30-12-10-29(11-13-30)17-22-15-20(4)32-28-22)26-16-21-8-6-7-9-23(21)31-19(3)14-18(2)27-31;/h6-9,14-15H,5,10-13,16-17H2,1-4H3,(H,25,26);1H. The maximum absolute atomic E-state index is 5.20. The Bertz CT molecular complexity index is 1070. The van der Waals surface area contributed by atoms with Gasteiger partial charge in [0.15, 0.2) is 5.96 Å². The summed E-state index contributed by atoms with van der Waals surface area (Å²) in [5.41, 5.74) is 5.40. The Morgan fingerprint density at radius 3 is 2.48 bits per heavy atom. The Kier molecular flexibility index (Phi) is 8.90. The smallest absolute Gasteiger partial charge is 0.194 e. The van der Waals surface area contributed by atoms with E-state index in [1.807, 2.05) is 24.6 Å². The summed E-state index contributed by atoms with van der Waals surface area (Å²) in [5, 5.41) is 12.3. The van der Waals surface area contributed by atoms with Crippen LogP contribution in [-0.2, 0) is 13.1 Å². The van der Waals surface area contributed by atoms with E-state index in [9.17, 15) is 0 Å². The van der Waals surface area contributed by atoms with E-state index in [4.69, 9.17) is 9.52 Å². The first-order chi connectivity index (χ1) is 15.5. The lowest BCUT2D eigenvalue weighted by Crippen LogP contribution is -2.52. The number of rotatable bonds is 6. The van der Waals surface area contributed by atoms with Gasteiger partial charge in [-0.15, -0.1) is 24.0 Å². The fraction of sp³-hybridized carbons (Fsp3) is 0.458. The molecule has 4 rings (SSSR count). The van der Waals surface area contributed by atoms with Gasteiger partial charge in [0, 0.05) is 51.0 Å². The molecule has 1 aromatic carbocycles. The first-order valence-corrected chi connectivity index (χ1v) is 11.3. The van der Waals surface area contributed by atoms with Crippen molar-refractivity contribution in [3.05, 3.63) is 64.8 Å². The maximum atomic E-state index is 5.20. The highest BCUT2D eigenvalue weighted by Gasteiger charge is 2.20. The Morgan fingerprint density at radius 2 is 1.85 bits per heavy atom. The third-order valence-corrected chi connectivity index (χ3v) is 5.70. The molecule has 3 heterocycles. The van der Waals surface area contributed by atoms with Crippen molar-refractivity contribution in [1.29, 1.82) is 0 Å². The fourth-order valence-corrected chi connectivity index (χ4v) is 4.15. The minimum Gasteiger partial charge on any atom is -0.361 e. The third kappa shape index (κ3) is 6.35. The molecule has 0 atom stereocenters. The van der Waals surface area contributed by atoms with Gasteiger partial charge in [-0.25, -0.2) is 9.67 Å². The molecule has 3 aromatic rings. The minimum absolute atomic E-state index is 0. The van der Waals surface area contributed by atoms with Crippen LogP contribution in [0.3, 0.4) is 0 Å². The topological polar surface area (TPSA) is 74.7 Å². The van der Waals surface area contributed by atoms with Crippen molar-refractivity contribution in [3.63, 3.8) is 0 Å². The van der Waals surface area contributed by atoms with Gasteiger partial charge in [0.25, 0.3) is 0 Å². The van der Waals surface area contributed by atoms with Crippen LogP contribution in [0.2, 0.25) is 0 Å². The summed E-state index contributed by atoms with van der Waals surface area (Å²) in [6.07, 6.45) is 0. The quantitative estimate of drug-likeness (QED) is 0.280. The molecule has 0 amide bonds. The molecule has 9 heteroatoms. The average Bonchev–Trinajstić information content (AvgIpc) is 3.35. The van der Waals surface area contributed by atoms with Crippen LogP contribution in [0.1, 0.15) is 35.3 Å². The predicted octanol–water partition coefficient (Wildman–Crippen LogP) is 3.69. The van der Waals surface area contributed by atoms with E-state index < -0.39 is 0 Å². The Morgan fingerprint density at radius 1 is 1.09 bits per heavy atom. The number of hydrogen-bond donors (Lipinski definition) is 1. The Balaban J connectivity index is 0.00000306. The van der Waals surface area contributed by atoms with Crippen molar-refractivity contribution in [2.75, 3.05) is 32.7 Å². The average molecular weight is 563 g/mol. The van der Waals surface area contributed by atoms with E-state index in [0.29, 0.717) is 6.54 Å². The number of nitrogens with zero attached hydrogens (tertiary/aromatic N) is 6. The van der Waals surface area contributed by atoms with E-state index in [2.05, 4.69) is 69.6 Å². The molecule has 1 aliphatic rings. The summed E-state index contributed by atoms with van der Waals surface area (Å²) in [5.74, 6) is 1.83. The van der Waals surface area contributed by atoms with Crippen molar-refractivity contribution < 1.29 is 4.52 Å².